The number of carbonyl (C=O) groups is 1. The first-order valence-electron chi connectivity index (χ1n) is 8.51. The second kappa shape index (κ2) is 7.09. The number of sulfonamides is 1. The number of nitrogens with zero attached hydrogens (tertiary/aromatic N) is 1. The molecule has 2 aromatic rings. The molecule has 0 bridgehead atoms. The minimum absolute atomic E-state index is 0.0306. The van der Waals surface area contributed by atoms with Gasteiger partial charge in [0.1, 0.15) is 0 Å². The molecule has 7 heteroatoms. The Balaban J connectivity index is 1.74. The Hall–Kier alpha value is -2.38. The summed E-state index contributed by atoms with van der Waals surface area (Å²) in [6, 6.07) is 11.5. The van der Waals surface area contributed by atoms with E-state index in [0.717, 1.165) is 17.5 Å². The SMILES string of the molecule is Cc1ccc(S(=O)(=O)Nc2ccc(C(=O)N3CC[C@@H](N)C3)cc2)cc1C. The van der Waals surface area contributed by atoms with Crippen LogP contribution in [-0.4, -0.2) is 38.4 Å². The summed E-state index contributed by atoms with van der Waals surface area (Å²) in [6.07, 6.45) is 0.805. The van der Waals surface area contributed by atoms with Crippen molar-refractivity contribution in [1.29, 1.82) is 0 Å². The van der Waals surface area contributed by atoms with Crippen LogP contribution in [0.4, 0.5) is 5.69 Å². The van der Waals surface area contributed by atoms with Crippen molar-refractivity contribution >= 4 is 21.6 Å². The van der Waals surface area contributed by atoms with E-state index in [-0.39, 0.29) is 16.8 Å². The van der Waals surface area contributed by atoms with Crippen molar-refractivity contribution in [2.75, 3.05) is 17.8 Å². The van der Waals surface area contributed by atoms with Crippen molar-refractivity contribution in [2.45, 2.75) is 31.2 Å². The maximum Gasteiger partial charge on any atom is 0.261 e. The molecule has 3 rings (SSSR count). The number of likely N-dealkylation sites (tertiary alicyclic amines) is 1. The van der Waals surface area contributed by atoms with Gasteiger partial charge < -0.3 is 10.6 Å². The lowest BCUT2D eigenvalue weighted by Gasteiger charge is -2.16. The zero-order valence-corrected chi connectivity index (χ0v) is 15.7. The van der Waals surface area contributed by atoms with Crippen molar-refractivity contribution in [2.24, 2.45) is 5.73 Å². The highest BCUT2D eigenvalue weighted by atomic mass is 32.2. The first-order valence-corrected chi connectivity index (χ1v) is 9.99. The van der Waals surface area contributed by atoms with Crippen LogP contribution < -0.4 is 10.5 Å². The molecule has 3 N–H and O–H groups in total. The number of anilines is 1. The number of hydrogen-bond donors (Lipinski definition) is 2. The molecule has 0 unspecified atom stereocenters. The van der Waals surface area contributed by atoms with Gasteiger partial charge in [0.15, 0.2) is 0 Å². The van der Waals surface area contributed by atoms with Crippen molar-refractivity contribution in [3.63, 3.8) is 0 Å². The van der Waals surface area contributed by atoms with E-state index >= 15 is 0 Å². The summed E-state index contributed by atoms with van der Waals surface area (Å²) in [4.78, 5) is 14.3. The number of aryl methyl sites for hydroxylation is 2. The van der Waals surface area contributed by atoms with E-state index in [0.29, 0.717) is 24.3 Å². The van der Waals surface area contributed by atoms with Crippen LogP contribution in [0.15, 0.2) is 47.4 Å². The van der Waals surface area contributed by atoms with Crippen LogP contribution in [0.2, 0.25) is 0 Å². The molecule has 0 aromatic heterocycles. The number of nitrogens with two attached hydrogens (primary N) is 1. The molecule has 0 radical (unpaired) electrons. The molecule has 0 spiro atoms. The van der Waals surface area contributed by atoms with Gasteiger partial charge in [0.05, 0.1) is 4.90 Å². The van der Waals surface area contributed by atoms with Gasteiger partial charge in [-0.3, -0.25) is 9.52 Å². The van der Waals surface area contributed by atoms with Gasteiger partial charge in [-0.2, -0.15) is 0 Å². The summed E-state index contributed by atoms with van der Waals surface area (Å²) in [5.41, 5.74) is 8.73. The normalized spacial score (nSPS) is 17.3. The summed E-state index contributed by atoms with van der Waals surface area (Å²) in [6.45, 7) is 5.02. The first kappa shape index (κ1) is 18.4. The van der Waals surface area contributed by atoms with Crippen molar-refractivity contribution in [3.05, 3.63) is 59.2 Å². The molecule has 138 valence electrons. The summed E-state index contributed by atoms with van der Waals surface area (Å²) in [5, 5.41) is 0. The van der Waals surface area contributed by atoms with Crippen molar-refractivity contribution < 1.29 is 13.2 Å². The maximum absolute atomic E-state index is 12.5. The number of amides is 1. The second-order valence-corrected chi connectivity index (χ2v) is 8.41. The summed E-state index contributed by atoms with van der Waals surface area (Å²) < 4.78 is 27.6. The van der Waals surface area contributed by atoms with Crippen molar-refractivity contribution in [1.82, 2.24) is 4.90 Å². The summed E-state index contributed by atoms with van der Waals surface area (Å²) >= 11 is 0. The zero-order chi connectivity index (χ0) is 18.9. The monoisotopic (exact) mass is 373 g/mol. The van der Waals surface area contributed by atoms with Gasteiger partial charge in [-0.15, -0.1) is 0 Å². The molecule has 1 fully saturated rings. The number of carbonyl (C=O) groups excluding carboxylic acids is 1. The van der Waals surface area contributed by atoms with Crippen molar-refractivity contribution in [3.8, 4) is 0 Å². The van der Waals surface area contributed by atoms with Crippen LogP contribution in [0.25, 0.3) is 0 Å². The third kappa shape index (κ3) is 3.89. The number of nitrogens with one attached hydrogen (secondary N) is 1. The van der Waals surface area contributed by atoms with E-state index in [4.69, 9.17) is 5.73 Å². The topological polar surface area (TPSA) is 92.5 Å². The number of benzene rings is 2. The Morgan fingerprint density at radius 2 is 1.81 bits per heavy atom. The van der Waals surface area contributed by atoms with Gasteiger partial charge in [-0.25, -0.2) is 8.42 Å². The fourth-order valence-corrected chi connectivity index (χ4v) is 4.07. The molecule has 1 saturated heterocycles. The van der Waals surface area contributed by atoms with Gasteiger partial charge in [0.2, 0.25) is 0 Å². The molecule has 1 amide bonds. The lowest BCUT2D eigenvalue weighted by atomic mass is 10.1. The standard InChI is InChI=1S/C19H23N3O3S/c1-13-3-8-18(11-14(13)2)26(24,25)21-17-6-4-15(5-7-17)19(23)22-10-9-16(20)12-22/h3-8,11,16,21H,9-10,12,20H2,1-2H3/t16-/m1/s1. The second-order valence-electron chi connectivity index (χ2n) is 6.73. The van der Waals surface area contributed by atoms with Crippen LogP contribution in [0.1, 0.15) is 27.9 Å². The van der Waals surface area contributed by atoms with E-state index in [1.807, 2.05) is 13.8 Å². The van der Waals surface area contributed by atoms with Gasteiger partial charge in [-0.05, 0) is 67.8 Å². The van der Waals surface area contributed by atoms with E-state index in [1.165, 1.54) is 0 Å². The predicted octanol–water partition coefficient (Wildman–Crippen LogP) is 2.28. The van der Waals surface area contributed by atoms with E-state index in [2.05, 4.69) is 4.72 Å². The molecular formula is C19H23N3O3S. The Morgan fingerprint density at radius 1 is 1.12 bits per heavy atom. The summed E-state index contributed by atoms with van der Waals surface area (Å²) in [5.74, 6) is -0.0819. The van der Waals surface area contributed by atoms with Gasteiger partial charge >= 0.3 is 0 Å². The molecule has 2 aromatic carbocycles. The van der Waals surface area contributed by atoms with Crippen LogP contribution in [0, 0.1) is 13.8 Å². The van der Waals surface area contributed by atoms with Crippen LogP contribution in [0.3, 0.4) is 0 Å². The molecule has 1 aliphatic rings. The first-order chi connectivity index (χ1) is 12.3. The lowest BCUT2D eigenvalue weighted by Crippen LogP contribution is -2.31. The molecule has 0 aliphatic carbocycles. The number of hydrogen-bond acceptors (Lipinski definition) is 4. The highest BCUT2D eigenvalue weighted by Gasteiger charge is 2.24. The quantitative estimate of drug-likeness (QED) is 0.860. The molecule has 1 atom stereocenters. The average molecular weight is 373 g/mol. The smallest absolute Gasteiger partial charge is 0.261 e. The van der Waals surface area contributed by atoms with E-state index in [9.17, 15) is 13.2 Å². The van der Waals surface area contributed by atoms with Crippen LogP contribution in [-0.2, 0) is 10.0 Å². The predicted molar refractivity (Wildman–Crippen MR) is 102 cm³/mol. The third-order valence-electron chi connectivity index (χ3n) is 4.68. The maximum atomic E-state index is 12.5. The molecular weight excluding hydrogens is 350 g/mol. The van der Waals surface area contributed by atoms with Gasteiger partial charge in [0, 0.05) is 30.4 Å². The Kier molecular flexibility index (Phi) is 5.02. The highest BCUT2D eigenvalue weighted by molar-refractivity contribution is 7.92. The largest absolute Gasteiger partial charge is 0.337 e. The number of rotatable bonds is 4. The zero-order valence-electron chi connectivity index (χ0n) is 14.9. The Bertz CT molecular complexity index is 924. The molecule has 1 aliphatic heterocycles. The molecule has 1 heterocycles. The average Bonchev–Trinajstić information content (AvgIpc) is 3.03. The Labute approximate surface area is 154 Å². The molecule has 0 saturated carbocycles. The fourth-order valence-electron chi connectivity index (χ4n) is 2.93. The van der Waals surface area contributed by atoms with Crippen LogP contribution >= 0.6 is 0 Å². The van der Waals surface area contributed by atoms with Crippen LogP contribution in [0.5, 0.6) is 0 Å². The Morgan fingerprint density at radius 3 is 2.38 bits per heavy atom. The van der Waals surface area contributed by atoms with Gasteiger partial charge in [-0.1, -0.05) is 6.07 Å². The third-order valence-corrected chi connectivity index (χ3v) is 6.06. The minimum atomic E-state index is -3.67. The van der Waals surface area contributed by atoms with Gasteiger partial charge in [0.25, 0.3) is 15.9 Å². The highest BCUT2D eigenvalue weighted by Crippen LogP contribution is 2.20. The molecule has 26 heavy (non-hydrogen) atoms. The lowest BCUT2D eigenvalue weighted by molar-refractivity contribution is 0.0791. The van der Waals surface area contributed by atoms with E-state index in [1.54, 1.807) is 47.4 Å². The minimum Gasteiger partial charge on any atom is -0.337 e. The molecule has 6 nitrogen and oxygen atoms in total. The van der Waals surface area contributed by atoms with E-state index < -0.39 is 10.0 Å². The summed E-state index contributed by atoms with van der Waals surface area (Å²) in [7, 11) is -3.67. The fraction of sp³-hybridized carbons (Fsp3) is 0.316.